The molecule has 0 radical (unpaired) electrons. The molecule has 2 aromatic rings. The van der Waals surface area contributed by atoms with E-state index in [0.29, 0.717) is 19.1 Å². The normalized spacial score (nSPS) is 10.3. The Balaban J connectivity index is 1.94. The Morgan fingerprint density at radius 1 is 0.944 bits per heavy atom. The summed E-state index contributed by atoms with van der Waals surface area (Å²) in [5.74, 6) is 0.547. The van der Waals surface area contributed by atoms with Crippen LogP contribution in [0.15, 0.2) is 42.5 Å². The highest BCUT2D eigenvalue weighted by molar-refractivity contribution is 5.58. The van der Waals surface area contributed by atoms with Gasteiger partial charge in [-0.25, -0.2) is 0 Å². The van der Waals surface area contributed by atoms with Gasteiger partial charge < -0.3 is 9.47 Å². The van der Waals surface area contributed by atoms with E-state index in [4.69, 9.17) is 9.47 Å². The molecule has 0 bridgehead atoms. The summed E-state index contributed by atoms with van der Waals surface area (Å²) >= 11 is 0. The number of hydrogen-bond donors (Lipinski definition) is 0. The molecule has 0 amide bonds. The highest BCUT2D eigenvalue weighted by atomic mass is 16.5. The predicted octanol–water partition coefficient (Wildman–Crippen LogP) is 2.56. The molecule has 94 valence electrons. The first-order valence-corrected chi connectivity index (χ1v) is 5.91. The van der Waals surface area contributed by atoms with Gasteiger partial charge in [0.2, 0.25) is 5.88 Å². The van der Waals surface area contributed by atoms with Gasteiger partial charge in [-0.1, -0.05) is 30.3 Å². The lowest BCUT2D eigenvalue weighted by Crippen LogP contribution is -2.03. The molecule has 0 aliphatic carbocycles. The van der Waals surface area contributed by atoms with Gasteiger partial charge in [0, 0.05) is 31.8 Å². The Bertz CT molecular complexity index is 457. The van der Waals surface area contributed by atoms with Crippen LogP contribution in [-0.2, 0) is 4.74 Å². The molecule has 0 atom stereocenters. The molecule has 18 heavy (non-hydrogen) atoms. The van der Waals surface area contributed by atoms with Crippen LogP contribution in [0.2, 0.25) is 0 Å². The van der Waals surface area contributed by atoms with Crippen molar-refractivity contribution >= 4 is 0 Å². The first-order valence-electron chi connectivity index (χ1n) is 5.91. The van der Waals surface area contributed by atoms with Crippen LogP contribution in [-0.4, -0.2) is 30.5 Å². The maximum absolute atomic E-state index is 5.45. The van der Waals surface area contributed by atoms with E-state index in [1.807, 2.05) is 42.5 Å². The molecule has 0 saturated heterocycles. The van der Waals surface area contributed by atoms with Crippen molar-refractivity contribution in [2.75, 3.05) is 20.3 Å². The Morgan fingerprint density at radius 2 is 1.78 bits per heavy atom. The van der Waals surface area contributed by atoms with Gasteiger partial charge >= 0.3 is 0 Å². The summed E-state index contributed by atoms with van der Waals surface area (Å²) < 4.78 is 10.4. The second kappa shape index (κ2) is 6.71. The second-order valence-electron chi connectivity index (χ2n) is 3.82. The first kappa shape index (κ1) is 12.5. The smallest absolute Gasteiger partial charge is 0.233 e. The van der Waals surface area contributed by atoms with E-state index in [0.717, 1.165) is 17.7 Å². The van der Waals surface area contributed by atoms with Crippen molar-refractivity contribution in [3.8, 4) is 17.1 Å². The summed E-state index contributed by atoms with van der Waals surface area (Å²) in [6, 6.07) is 13.7. The first-order chi connectivity index (χ1) is 8.90. The third-order valence-electron chi connectivity index (χ3n) is 2.45. The topological polar surface area (TPSA) is 44.2 Å². The van der Waals surface area contributed by atoms with E-state index >= 15 is 0 Å². The van der Waals surface area contributed by atoms with Gasteiger partial charge in [0.1, 0.15) is 0 Å². The highest BCUT2D eigenvalue weighted by Gasteiger charge is 2.00. The lowest BCUT2D eigenvalue weighted by molar-refractivity contribution is 0.170. The van der Waals surface area contributed by atoms with Crippen LogP contribution in [0.1, 0.15) is 6.42 Å². The monoisotopic (exact) mass is 244 g/mol. The molecule has 2 rings (SSSR count). The van der Waals surface area contributed by atoms with Crippen molar-refractivity contribution in [1.29, 1.82) is 0 Å². The van der Waals surface area contributed by atoms with Gasteiger partial charge in [-0.3, -0.25) is 0 Å². The zero-order valence-corrected chi connectivity index (χ0v) is 10.4. The van der Waals surface area contributed by atoms with Crippen LogP contribution in [0.3, 0.4) is 0 Å². The number of rotatable bonds is 6. The Labute approximate surface area is 107 Å². The zero-order valence-electron chi connectivity index (χ0n) is 10.4. The fourth-order valence-corrected chi connectivity index (χ4v) is 1.54. The van der Waals surface area contributed by atoms with Crippen LogP contribution < -0.4 is 4.74 Å². The fraction of sp³-hybridized carbons (Fsp3) is 0.286. The van der Waals surface area contributed by atoms with Gasteiger partial charge in [-0.15, -0.1) is 10.2 Å². The lowest BCUT2D eigenvalue weighted by Gasteiger charge is -2.05. The minimum absolute atomic E-state index is 0.547. The van der Waals surface area contributed by atoms with Crippen LogP contribution in [0.25, 0.3) is 11.3 Å². The standard InChI is InChI=1S/C14H16N2O2/c1-17-10-5-11-18-14-9-8-13(15-16-14)12-6-3-2-4-7-12/h2-4,6-9H,5,10-11H2,1H3. The Kier molecular flexibility index (Phi) is 4.67. The average Bonchev–Trinajstić information content (AvgIpc) is 2.45. The van der Waals surface area contributed by atoms with Crippen LogP contribution in [0.5, 0.6) is 5.88 Å². The van der Waals surface area contributed by atoms with Gasteiger partial charge in [-0.2, -0.15) is 0 Å². The molecule has 4 heteroatoms. The summed E-state index contributed by atoms with van der Waals surface area (Å²) in [6.07, 6.45) is 0.846. The minimum atomic E-state index is 0.547. The van der Waals surface area contributed by atoms with E-state index in [9.17, 15) is 0 Å². The van der Waals surface area contributed by atoms with E-state index < -0.39 is 0 Å². The molecule has 0 aliphatic rings. The SMILES string of the molecule is COCCCOc1ccc(-c2ccccc2)nn1. The zero-order chi connectivity index (χ0) is 12.6. The third kappa shape index (κ3) is 3.53. The number of methoxy groups -OCH3 is 1. The van der Waals surface area contributed by atoms with Crippen molar-refractivity contribution in [2.45, 2.75) is 6.42 Å². The van der Waals surface area contributed by atoms with Crippen molar-refractivity contribution in [1.82, 2.24) is 10.2 Å². The molecule has 0 saturated carbocycles. The van der Waals surface area contributed by atoms with Crippen molar-refractivity contribution in [2.24, 2.45) is 0 Å². The molecule has 4 nitrogen and oxygen atoms in total. The fourth-order valence-electron chi connectivity index (χ4n) is 1.54. The maximum Gasteiger partial charge on any atom is 0.233 e. The summed E-state index contributed by atoms with van der Waals surface area (Å²) in [4.78, 5) is 0. The average molecular weight is 244 g/mol. The molecule has 0 N–H and O–H groups in total. The second-order valence-corrected chi connectivity index (χ2v) is 3.82. The van der Waals surface area contributed by atoms with Crippen molar-refractivity contribution in [3.63, 3.8) is 0 Å². The third-order valence-corrected chi connectivity index (χ3v) is 2.45. The summed E-state index contributed by atoms with van der Waals surface area (Å²) in [5.41, 5.74) is 1.90. The molecule has 1 aromatic heterocycles. The molecule has 1 heterocycles. The van der Waals surface area contributed by atoms with E-state index in [1.165, 1.54) is 0 Å². The van der Waals surface area contributed by atoms with Gasteiger partial charge in [0.25, 0.3) is 0 Å². The van der Waals surface area contributed by atoms with Gasteiger partial charge in [0.15, 0.2) is 0 Å². The van der Waals surface area contributed by atoms with Crippen molar-refractivity contribution < 1.29 is 9.47 Å². The predicted molar refractivity (Wildman–Crippen MR) is 69.5 cm³/mol. The lowest BCUT2D eigenvalue weighted by atomic mass is 10.1. The Morgan fingerprint density at radius 3 is 2.44 bits per heavy atom. The van der Waals surface area contributed by atoms with Crippen LogP contribution >= 0.6 is 0 Å². The molecular formula is C14H16N2O2. The van der Waals surface area contributed by atoms with Crippen LogP contribution in [0.4, 0.5) is 0 Å². The summed E-state index contributed by atoms with van der Waals surface area (Å²) in [6.45, 7) is 1.28. The quantitative estimate of drug-likeness (QED) is 0.732. The minimum Gasteiger partial charge on any atom is -0.477 e. The maximum atomic E-state index is 5.45. The van der Waals surface area contributed by atoms with Crippen molar-refractivity contribution in [3.05, 3.63) is 42.5 Å². The Hall–Kier alpha value is -1.94. The van der Waals surface area contributed by atoms with Gasteiger partial charge in [0.05, 0.1) is 12.3 Å². The number of nitrogens with zero attached hydrogens (tertiary/aromatic N) is 2. The molecule has 0 fully saturated rings. The molecular weight excluding hydrogens is 228 g/mol. The number of ether oxygens (including phenoxy) is 2. The van der Waals surface area contributed by atoms with E-state index in [-0.39, 0.29) is 0 Å². The molecule has 1 aromatic carbocycles. The van der Waals surface area contributed by atoms with E-state index in [1.54, 1.807) is 7.11 Å². The van der Waals surface area contributed by atoms with E-state index in [2.05, 4.69) is 10.2 Å². The number of aromatic nitrogens is 2. The number of hydrogen-bond acceptors (Lipinski definition) is 4. The molecule has 0 unspecified atom stereocenters. The highest BCUT2D eigenvalue weighted by Crippen LogP contribution is 2.16. The largest absolute Gasteiger partial charge is 0.477 e. The molecule has 0 spiro atoms. The summed E-state index contributed by atoms with van der Waals surface area (Å²) in [5, 5.41) is 8.18. The number of benzene rings is 1. The van der Waals surface area contributed by atoms with Gasteiger partial charge in [-0.05, 0) is 6.07 Å². The molecule has 0 aliphatic heterocycles. The summed E-state index contributed by atoms with van der Waals surface area (Å²) in [7, 11) is 1.68. The van der Waals surface area contributed by atoms with Crippen LogP contribution in [0, 0.1) is 0 Å².